The molecule has 0 radical (unpaired) electrons. The number of nitrogens with zero attached hydrogens (tertiary/aromatic N) is 1. The third-order valence-electron chi connectivity index (χ3n) is 5.86. The number of amides is 1. The van der Waals surface area contributed by atoms with Crippen molar-refractivity contribution in [1.29, 1.82) is 0 Å². The maximum atomic E-state index is 13.0. The molecule has 0 saturated carbocycles. The van der Waals surface area contributed by atoms with E-state index >= 15 is 0 Å². The van der Waals surface area contributed by atoms with Gasteiger partial charge >= 0.3 is 0 Å². The first kappa shape index (κ1) is 22.3. The molecule has 0 bridgehead atoms. The number of ether oxygens (including phenoxy) is 1. The van der Waals surface area contributed by atoms with Crippen molar-refractivity contribution >= 4 is 15.9 Å². The van der Waals surface area contributed by atoms with Crippen molar-refractivity contribution in [3.8, 4) is 5.75 Å². The summed E-state index contributed by atoms with van der Waals surface area (Å²) < 4.78 is 32.8. The summed E-state index contributed by atoms with van der Waals surface area (Å²) in [5.74, 6) is 0.997. The first-order valence-corrected chi connectivity index (χ1v) is 11.8. The Morgan fingerprint density at radius 2 is 1.80 bits per heavy atom. The number of hydrogen-bond acceptors (Lipinski definition) is 4. The lowest BCUT2D eigenvalue weighted by atomic mass is 9.82. The van der Waals surface area contributed by atoms with E-state index in [0.717, 1.165) is 12.0 Å². The molecule has 6 nitrogen and oxygen atoms in total. The van der Waals surface area contributed by atoms with Crippen molar-refractivity contribution < 1.29 is 17.9 Å². The average Bonchev–Trinajstić information content (AvgIpc) is 2.78. The molecule has 1 fully saturated rings. The molecule has 1 amide bonds. The second-order valence-corrected chi connectivity index (χ2v) is 9.66. The average molecular weight is 431 g/mol. The molecule has 0 aliphatic carbocycles. The van der Waals surface area contributed by atoms with Crippen molar-refractivity contribution in [2.24, 2.45) is 11.8 Å². The minimum absolute atomic E-state index is 0.0220. The molecule has 0 unspecified atom stereocenters. The summed E-state index contributed by atoms with van der Waals surface area (Å²) in [6.07, 6.45) is 1.96. The monoisotopic (exact) mass is 430 g/mol. The Hall–Kier alpha value is -2.38. The lowest BCUT2D eigenvalue weighted by molar-refractivity contribution is -0.122. The third kappa shape index (κ3) is 5.40. The highest BCUT2D eigenvalue weighted by Crippen LogP contribution is 2.32. The van der Waals surface area contributed by atoms with Gasteiger partial charge in [-0.25, -0.2) is 8.42 Å². The molecule has 2 atom stereocenters. The Balaban J connectivity index is 1.59. The zero-order chi connectivity index (χ0) is 21.6. The minimum Gasteiger partial charge on any atom is -0.497 e. The summed E-state index contributed by atoms with van der Waals surface area (Å²) >= 11 is 0. The molecule has 1 N–H and O–H groups in total. The molecule has 162 valence electrons. The number of rotatable bonds is 8. The molecule has 0 spiro atoms. The molecule has 0 aromatic heterocycles. The van der Waals surface area contributed by atoms with Crippen LogP contribution in [0.3, 0.4) is 0 Å². The number of sulfonamides is 1. The van der Waals surface area contributed by atoms with Gasteiger partial charge in [-0.2, -0.15) is 4.31 Å². The second kappa shape index (κ2) is 10.1. The van der Waals surface area contributed by atoms with E-state index in [-0.39, 0.29) is 22.6 Å². The van der Waals surface area contributed by atoms with Crippen molar-refractivity contribution in [1.82, 2.24) is 9.62 Å². The van der Waals surface area contributed by atoms with E-state index < -0.39 is 10.0 Å². The van der Waals surface area contributed by atoms with E-state index in [0.29, 0.717) is 38.2 Å². The van der Waals surface area contributed by atoms with Gasteiger partial charge in [0.15, 0.2) is 0 Å². The van der Waals surface area contributed by atoms with Gasteiger partial charge in [-0.05, 0) is 48.1 Å². The lowest BCUT2D eigenvalue weighted by Crippen LogP contribution is -2.44. The van der Waals surface area contributed by atoms with E-state index in [9.17, 15) is 13.2 Å². The third-order valence-corrected chi connectivity index (χ3v) is 7.74. The summed E-state index contributed by atoms with van der Waals surface area (Å²) in [5.41, 5.74) is 1.07. The maximum absolute atomic E-state index is 13.0. The van der Waals surface area contributed by atoms with Crippen molar-refractivity contribution in [2.75, 3.05) is 20.2 Å². The number of carbonyl (C=O) groups is 1. The highest BCUT2D eigenvalue weighted by atomic mass is 32.2. The summed E-state index contributed by atoms with van der Waals surface area (Å²) in [6.45, 7) is 3.45. The van der Waals surface area contributed by atoms with Gasteiger partial charge in [0.25, 0.3) is 0 Å². The van der Waals surface area contributed by atoms with Crippen LogP contribution in [0.25, 0.3) is 0 Å². The lowest BCUT2D eigenvalue weighted by Gasteiger charge is -2.37. The van der Waals surface area contributed by atoms with Crippen LogP contribution in [-0.2, 0) is 21.4 Å². The summed E-state index contributed by atoms with van der Waals surface area (Å²) in [5, 5.41) is 2.99. The summed E-state index contributed by atoms with van der Waals surface area (Å²) in [7, 11) is -2.00. The predicted molar refractivity (Wildman–Crippen MR) is 117 cm³/mol. The predicted octanol–water partition coefficient (Wildman–Crippen LogP) is 3.44. The zero-order valence-electron chi connectivity index (χ0n) is 17.6. The molecule has 30 heavy (non-hydrogen) atoms. The molecule has 2 aromatic rings. The van der Waals surface area contributed by atoms with Gasteiger partial charge in [0.2, 0.25) is 15.9 Å². The number of methoxy groups -OCH3 is 1. The van der Waals surface area contributed by atoms with Crippen LogP contribution in [0, 0.1) is 11.8 Å². The molecule has 2 aromatic carbocycles. The van der Waals surface area contributed by atoms with E-state index in [1.807, 2.05) is 30.3 Å². The van der Waals surface area contributed by atoms with E-state index in [2.05, 4.69) is 12.2 Å². The van der Waals surface area contributed by atoms with Crippen LogP contribution in [-0.4, -0.2) is 38.8 Å². The largest absolute Gasteiger partial charge is 0.497 e. The number of carbonyl (C=O) groups excluding carboxylic acids is 1. The topological polar surface area (TPSA) is 75.7 Å². The van der Waals surface area contributed by atoms with Crippen molar-refractivity contribution in [3.63, 3.8) is 0 Å². The fourth-order valence-corrected chi connectivity index (χ4v) is 5.51. The standard InChI is InChI=1S/C23H30N2O4S/c1-3-19-17-25(30(27,28)22-11-9-21(29-2)10-12-22)14-13-20(19)15-23(26)24-16-18-7-5-4-6-8-18/h4-12,19-20H,3,13-17H2,1-2H3,(H,24,26)/t19-,20+/m1/s1. The Morgan fingerprint density at radius 1 is 1.10 bits per heavy atom. The SMILES string of the molecule is CC[C@@H]1CN(S(=O)(=O)c2ccc(OC)cc2)CC[C@H]1CC(=O)NCc1ccccc1. The van der Waals surface area contributed by atoms with Gasteiger partial charge in [-0.3, -0.25) is 4.79 Å². The molecule has 1 aliphatic heterocycles. The highest BCUT2D eigenvalue weighted by molar-refractivity contribution is 7.89. The van der Waals surface area contributed by atoms with Crippen LogP contribution in [0.4, 0.5) is 0 Å². The van der Waals surface area contributed by atoms with E-state index in [1.54, 1.807) is 35.7 Å². The minimum atomic E-state index is -3.55. The Bertz CT molecular complexity index is 929. The maximum Gasteiger partial charge on any atom is 0.243 e. The van der Waals surface area contributed by atoms with Crippen LogP contribution in [0.5, 0.6) is 5.75 Å². The Labute approximate surface area is 179 Å². The van der Waals surface area contributed by atoms with Gasteiger partial charge in [0.05, 0.1) is 12.0 Å². The molecule has 1 heterocycles. The number of benzene rings is 2. The molecular formula is C23H30N2O4S. The van der Waals surface area contributed by atoms with Crippen molar-refractivity contribution in [2.45, 2.75) is 37.6 Å². The fraction of sp³-hybridized carbons (Fsp3) is 0.435. The molecule has 7 heteroatoms. The van der Waals surface area contributed by atoms with Crippen LogP contribution in [0.2, 0.25) is 0 Å². The van der Waals surface area contributed by atoms with Crippen LogP contribution in [0.1, 0.15) is 31.7 Å². The van der Waals surface area contributed by atoms with Gasteiger partial charge in [0, 0.05) is 26.1 Å². The van der Waals surface area contributed by atoms with Crippen molar-refractivity contribution in [3.05, 3.63) is 60.2 Å². The molecule has 3 rings (SSSR count). The van der Waals surface area contributed by atoms with E-state index in [1.165, 1.54) is 0 Å². The van der Waals surface area contributed by atoms with Gasteiger partial charge in [-0.1, -0.05) is 43.7 Å². The number of piperidine rings is 1. The fourth-order valence-electron chi connectivity index (χ4n) is 4.00. The first-order valence-electron chi connectivity index (χ1n) is 10.4. The van der Waals surface area contributed by atoms with Gasteiger partial charge in [-0.15, -0.1) is 0 Å². The summed E-state index contributed by atoms with van der Waals surface area (Å²) in [6, 6.07) is 16.3. The molecule has 1 aliphatic rings. The summed E-state index contributed by atoms with van der Waals surface area (Å²) in [4.78, 5) is 12.7. The van der Waals surface area contributed by atoms with E-state index in [4.69, 9.17) is 4.74 Å². The number of nitrogens with one attached hydrogen (secondary N) is 1. The zero-order valence-corrected chi connectivity index (χ0v) is 18.4. The van der Waals surface area contributed by atoms with Gasteiger partial charge < -0.3 is 10.1 Å². The molecular weight excluding hydrogens is 400 g/mol. The number of hydrogen-bond donors (Lipinski definition) is 1. The van der Waals surface area contributed by atoms with Crippen LogP contribution < -0.4 is 10.1 Å². The first-order chi connectivity index (χ1) is 14.4. The van der Waals surface area contributed by atoms with Gasteiger partial charge in [0.1, 0.15) is 5.75 Å². The Morgan fingerprint density at radius 3 is 2.43 bits per heavy atom. The molecule has 1 saturated heterocycles. The smallest absolute Gasteiger partial charge is 0.243 e. The van der Waals surface area contributed by atoms with Crippen LogP contribution >= 0.6 is 0 Å². The second-order valence-electron chi connectivity index (χ2n) is 7.72. The Kier molecular flexibility index (Phi) is 7.50. The quantitative estimate of drug-likeness (QED) is 0.696. The van der Waals surface area contributed by atoms with Crippen LogP contribution in [0.15, 0.2) is 59.5 Å². The highest BCUT2D eigenvalue weighted by Gasteiger charge is 2.35. The normalized spacial score (nSPS) is 19.9.